The smallest absolute Gasteiger partial charge is 0.149 e. The number of piperidine rings is 1. The topological polar surface area (TPSA) is 75.3 Å². The van der Waals surface area contributed by atoms with Gasteiger partial charge in [0, 0.05) is 19.0 Å². The molecule has 1 aromatic heterocycles. The van der Waals surface area contributed by atoms with Crippen molar-refractivity contribution in [3.05, 3.63) is 12.4 Å². The first kappa shape index (κ1) is 11.7. The number of nitrogen functional groups attached to an aromatic ring is 1. The van der Waals surface area contributed by atoms with E-state index in [0.717, 1.165) is 44.6 Å². The van der Waals surface area contributed by atoms with Crippen LogP contribution in [0.15, 0.2) is 12.4 Å². The molecule has 5 heteroatoms. The first-order valence-corrected chi connectivity index (χ1v) is 6.72. The number of hydrogen-bond acceptors (Lipinski definition) is 5. The maximum absolute atomic E-state index is 10.6. The molecule has 0 bridgehead atoms. The van der Waals surface area contributed by atoms with E-state index < -0.39 is 5.60 Å². The number of hydrogen-bond donors (Lipinski definition) is 2. The molecule has 1 saturated carbocycles. The maximum Gasteiger partial charge on any atom is 0.149 e. The predicted molar refractivity (Wildman–Crippen MR) is 70.2 cm³/mol. The highest BCUT2D eigenvalue weighted by atomic mass is 16.3. The average molecular weight is 248 g/mol. The van der Waals surface area contributed by atoms with Gasteiger partial charge in [0.05, 0.1) is 18.0 Å². The molecule has 0 amide bonds. The molecule has 98 valence electrons. The summed E-state index contributed by atoms with van der Waals surface area (Å²) in [6.45, 7) is 1.71. The number of nitrogens with zero attached hydrogens (tertiary/aromatic N) is 3. The third kappa shape index (κ3) is 2.03. The minimum Gasteiger partial charge on any atom is -0.389 e. The summed E-state index contributed by atoms with van der Waals surface area (Å²) in [4.78, 5) is 10.6. The largest absolute Gasteiger partial charge is 0.389 e. The monoisotopic (exact) mass is 248 g/mol. The van der Waals surface area contributed by atoms with Crippen LogP contribution in [0.1, 0.15) is 32.1 Å². The van der Waals surface area contributed by atoms with Crippen LogP contribution < -0.4 is 10.6 Å². The second-order valence-electron chi connectivity index (χ2n) is 5.54. The van der Waals surface area contributed by atoms with Gasteiger partial charge in [0.25, 0.3) is 0 Å². The van der Waals surface area contributed by atoms with E-state index in [9.17, 15) is 5.11 Å². The fourth-order valence-electron chi connectivity index (χ4n) is 3.30. The van der Waals surface area contributed by atoms with Crippen LogP contribution in [0.5, 0.6) is 0 Å². The van der Waals surface area contributed by atoms with Crippen LogP contribution in [0, 0.1) is 5.92 Å². The van der Waals surface area contributed by atoms with Crippen LogP contribution in [0.2, 0.25) is 0 Å². The minimum absolute atomic E-state index is 0.364. The second kappa shape index (κ2) is 4.39. The van der Waals surface area contributed by atoms with Gasteiger partial charge in [-0.05, 0) is 19.3 Å². The number of anilines is 2. The van der Waals surface area contributed by atoms with Crippen molar-refractivity contribution in [3.8, 4) is 0 Å². The lowest BCUT2D eigenvalue weighted by atomic mass is 9.71. The Morgan fingerprint density at radius 2 is 2.22 bits per heavy atom. The molecule has 1 aliphatic heterocycles. The first-order chi connectivity index (χ1) is 8.67. The van der Waals surface area contributed by atoms with Gasteiger partial charge in [0.15, 0.2) is 0 Å². The SMILES string of the molecule is Nc1cncc(N2CCC3(O)CCCCC3C2)n1. The van der Waals surface area contributed by atoms with Gasteiger partial charge >= 0.3 is 0 Å². The first-order valence-electron chi connectivity index (χ1n) is 6.72. The Morgan fingerprint density at radius 3 is 3.06 bits per heavy atom. The highest BCUT2D eigenvalue weighted by molar-refractivity contribution is 5.42. The summed E-state index contributed by atoms with van der Waals surface area (Å²) in [5.74, 6) is 1.66. The molecular formula is C13H20N4O. The van der Waals surface area contributed by atoms with Crippen molar-refractivity contribution >= 4 is 11.6 Å². The van der Waals surface area contributed by atoms with E-state index in [4.69, 9.17) is 5.73 Å². The van der Waals surface area contributed by atoms with E-state index in [1.54, 1.807) is 12.4 Å². The summed E-state index contributed by atoms with van der Waals surface area (Å²) < 4.78 is 0. The Balaban J connectivity index is 1.77. The lowest BCUT2D eigenvalue weighted by Crippen LogP contribution is -2.53. The van der Waals surface area contributed by atoms with Crippen molar-refractivity contribution in [1.29, 1.82) is 0 Å². The van der Waals surface area contributed by atoms with Crippen molar-refractivity contribution in [2.45, 2.75) is 37.7 Å². The molecule has 1 aromatic rings. The van der Waals surface area contributed by atoms with Crippen molar-refractivity contribution in [1.82, 2.24) is 9.97 Å². The maximum atomic E-state index is 10.6. The Hall–Kier alpha value is -1.36. The summed E-state index contributed by atoms with van der Waals surface area (Å²) in [7, 11) is 0. The lowest BCUT2D eigenvalue weighted by molar-refractivity contribution is -0.0613. The molecule has 2 unspecified atom stereocenters. The summed E-state index contributed by atoms with van der Waals surface area (Å²) in [5.41, 5.74) is 5.23. The Bertz CT molecular complexity index is 439. The van der Waals surface area contributed by atoms with Crippen molar-refractivity contribution < 1.29 is 5.11 Å². The van der Waals surface area contributed by atoms with Gasteiger partial charge in [0.1, 0.15) is 11.6 Å². The molecule has 5 nitrogen and oxygen atoms in total. The molecule has 2 fully saturated rings. The summed E-state index contributed by atoms with van der Waals surface area (Å²) >= 11 is 0. The van der Waals surface area contributed by atoms with Gasteiger partial charge in [0.2, 0.25) is 0 Å². The van der Waals surface area contributed by atoms with Crippen molar-refractivity contribution in [3.63, 3.8) is 0 Å². The molecule has 1 aliphatic carbocycles. The molecule has 18 heavy (non-hydrogen) atoms. The number of aliphatic hydroxyl groups is 1. The van der Waals surface area contributed by atoms with Gasteiger partial charge in [-0.15, -0.1) is 0 Å². The molecule has 0 spiro atoms. The fraction of sp³-hybridized carbons (Fsp3) is 0.692. The zero-order valence-electron chi connectivity index (χ0n) is 10.5. The van der Waals surface area contributed by atoms with Crippen LogP contribution in [-0.2, 0) is 0 Å². The van der Waals surface area contributed by atoms with Gasteiger partial charge in [-0.2, -0.15) is 0 Å². The number of fused-ring (bicyclic) bond motifs is 1. The molecule has 1 saturated heterocycles. The van der Waals surface area contributed by atoms with Gasteiger partial charge < -0.3 is 15.7 Å². The molecule has 0 radical (unpaired) electrons. The van der Waals surface area contributed by atoms with Gasteiger partial charge in [-0.3, -0.25) is 4.98 Å². The quantitative estimate of drug-likeness (QED) is 0.781. The van der Waals surface area contributed by atoms with Gasteiger partial charge in [-0.25, -0.2) is 4.98 Å². The summed E-state index contributed by atoms with van der Waals surface area (Å²) in [6.07, 6.45) is 8.59. The zero-order valence-corrected chi connectivity index (χ0v) is 10.5. The van der Waals surface area contributed by atoms with E-state index in [1.807, 2.05) is 0 Å². The van der Waals surface area contributed by atoms with Crippen LogP contribution in [-0.4, -0.2) is 33.8 Å². The molecule has 3 rings (SSSR count). The number of nitrogens with two attached hydrogens (primary N) is 1. The molecule has 2 heterocycles. The predicted octanol–water partition coefficient (Wildman–Crippen LogP) is 1.19. The van der Waals surface area contributed by atoms with E-state index >= 15 is 0 Å². The van der Waals surface area contributed by atoms with E-state index in [2.05, 4.69) is 14.9 Å². The summed E-state index contributed by atoms with van der Waals surface area (Å²) in [5, 5.41) is 10.6. The third-order valence-corrected chi connectivity index (χ3v) is 4.39. The molecular weight excluding hydrogens is 228 g/mol. The normalized spacial score (nSPS) is 32.1. The zero-order chi connectivity index (χ0) is 12.6. The van der Waals surface area contributed by atoms with E-state index in [-0.39, 0.29) is 0 Å². The Morgan fingerprint density at radius 1 is 1.33 bits per heavy atom. The highest BCUT2D eigenvalue weighted by Crippen LogP contribution is 2.40. The standard InChI is InChI=1S/C13H20N4O/c14-11-7-15-8-12(16-11)17-6-5-13(18)4-2-1-3-10(13)9-17/h7-8,10,18H,1-6,9H2,(H2,14,16). The van der Waals surface area contributed by atoms with Crippen molar-refractivity contribution in [2.75, 3.05) is 23.7 Å². The summed E-state index contributed by atoms with van der Waals surface area (Å²) in [6, 6.07) is 0. The second-order valence-corrected chi connectivity index (χ2v) is 5.54. The van der Waals surface area contributed by atoms with E-state index in [0.29, 0.717) is 11.7 Å². The Labute approximate surface area is 107 Å². The number of aromatic nitrogens is 2. The molecule has 2 atom stereocenters. The minimum atomic E-state index is -0.442. The molecule has 0 aromatic carbocycles. The van der Waals surface area contributed by atoms with Crippen LogP contribution in [0.3, 0.4) is 0 Å². The fourth-order valence-corrected chi connectivity index (χ4v) is 3.30. The molecule has 3 N–H and O–H groups in total. The third-order valence-electron chi connectivity index (χ3n) is 4.39. The van der Waals surface area contributed by atoms with Crippen molar-refractivity contribution in [2.24, 2.45) is 5.92 Å². The number of rotatable bonds is 1. The van der Waals surface area contributed by atoms with Crippen LogP contribution >= 0.6 is 0 Å². The van der Waals surface area contributed by atoms with Gasteiger partial charge in [-0.1, -0.05) is 12.8 Å². The lowest BCUT2D eigenvalue weighted by Gasteiger charge is -2.47. The van der Waals surface area contributed by atoms with Crippen LogP contribution in [0.25, 0.3) is 0 Å². The molecule has 2 aliphatic rings. The highest BCUT2D eigenvalue weighted by Gasteiger charge is 2.42. The van der Waals surface area contributed by atoms with Crippen LogP contribution in [0.4, 0.5) is 11.6 Å². The Kier molecular flexibility index (Phi) is 2.86. The van der Waals surface area contributed by atoms with E-state index in [1.165, 1.54) is 6.42 Å². The average Bonchev–Trinajstić information content (AvgIpc) is 2.37.